The van der Waals surface area contributed by atoms with E-state index in [1.807, 2.05) is 6.07 Å². The van der Waals surface area contributed by atoms with E-state index in [1.54, 1.807) is 12.5 Å². The van der Waals surface area contributed by atoms with Crippen molar-refractivity contribution in [2.45, 2.75) is 6.54 Å². The first-order chi connectivity index (χ1) is 5.33. The van der Waals surface area contributed by atoms with Gasteiger partial charge in [0.15, 0.2) is 0 Å². The maximum absolute atomic E-state index is 5.27. The molecule has 11 heavy (non-hydrogen) atoms. The summed E-state index contributed by atoms with van der Waals surface area (Å²) >= 11 is 0. The summed E-state index contributed by atoms with van der Waals surface area (Å²) in [5, 5.41) is 0. The maximum Gasteiger partial charge on any atom is 0.203 e. The quantitative estimate of drug-likeness (QED) is 0.233. The molecule has 1 aromatic rings. The summed E-state index contributed by atoms with van der Waals surface area (Å²) in [5.74, 6) is 5.20. The van der Waals surface area contributed by atoms with Gasteiger partial charge in [0.05, 0.1) is 19.1 Å². The first-order valence-corrected chi connectivity index (χ1v) is 3.10. The Labute approximate surface area is 64.1 Å². The van der Waals surface area contributed by atoms with Crippen molar-refractivity contribution in [2.75, 3.05) is 0 Å². The zero-order valence-electron chi connectivity index (χ0n) is 5.95. The van der Waals surface area contributed by atoms with Crippen LogP contribution >= 0.6 is 0 Å². The molecule has 5 heteroatoms. The van der Waals surface area contributed by atoms with E-state index >= 15 is 0 Å². The molecule has 0 radical (unpaired) electrons. The molecule has 0 saturated carbocycles. The van der Waals surface area contributed by atoms with Gasteiger partial charge in [0, 0.05) is 5.56 Å². The van der Waals surface area contributed by atoms with E-state index in [4.69, 9.17) is 16.0 Å². The number of guanidine groups is 1. The third-order valence-electron chi connectivity index (χ3n) is 1.16. The highest BCUT2D eigenvalue weighted by atomic mass is 16.3. The Hall–Kier alpha value is -1.49. The Bertz CT molecular complexity index is 229. The van der Waals surface area contributed by atoms with Crippen molar-refractivity contribution in [1.29, 1.82) is 0 Å². The summed E-state index contributed by atoms with van der Waals surface area (Å²) in [4.78, 5) is 3.88. The Morgan fingerprint density at radius 2 is 2.55 bits per heavy atom. The van der Waals surface area contributed by atoms with Crippen molar-refractivity contribution in [3.05, 3.63) is 24.2 Å². The fourth-order valence-electron chi connectivity index (χ4n) is 0.605. The number of nitrogens with two attached hydrogens (primary N) is 2. The van der Waals surface area contributed by atoms with E-state index in [1.165, 1.54) is 0 Å². The third-order valence-corrected chi connectivity index (χ3v) is 1.16. The Morgan fingerprint density at radius 1 is 1.73 bits per heavy atom. The van der Waals surface area contributed by atoms with E-state index < -0.39 is 0 Å². The summed E-state index contributed by atoms with van der Waals surface area (Å²) in [6.45, 7) is 0.479. The SMILES string of the molecule is NNC(N)=NCc1ccoc1. The molecule has 0 unspecified atom stereocenters. The molecule has 0 aromatic carbocycles. The average molecular weight is 154 g/mol. The zero-order chi connectivity index (χ0) is 8.10. The number of nitrogens with one attached hydrogen (secondary N) is 1. The van der Waals surface area contributed by atoms with Crippen molar-refractivity contribution >= 4 is 5.96 Å². The second kappa shape index (κ2) is 3.62. The number of aliphatic imine (C=N–C) groups is 1. The molecular weight excluding hydrogens is 144 g/mol. The lowest BCUT2D eigenvalue weighted by atomic mass is 10.3. The van der Waals surface area contributed by atoms with Crippen molar-refractivity contribution in [3.63, 3.8) is 0 Å². The van der Waals surface area contributed by atoms with E-state index in [9.17, 15) is 0 Å². The topological polar surface area (TPSA) is 89.6 Å². The highest BCUT2D eigenvalue weighted by Gasteiger charge is 1.91. The van der Waals surface area contributed by atoms with Gasteiger partial charge < -0.3 is 10.2 Å². The summed E-state index contributed by atoms with van der Waals surface area (Å²) in [7, 11) is 0. The van der Waals surface area contributed by atoms with Gasteiger partial charge in [-0.3, -0.25) is 5.43 Å². The van der Waals surface area contributed by atoms with Gasteiger partial charge in [-0.15, -0.1) is 0 Å². The Balaban J connectivity index is 2.45. The van der Waals surface area contributed by atoms with Crippen LogP contribution in [0.5, 0.6) is 0 Å². The van der Waals surface area contributed by atoms with E-state index in [-0.39, 0.29) is 5.96 Å². The molecule has 0 aliphatic rings. The molecule has 60 valence electrons. The van der Waals surface area contributed by atoms with E-state index in [2.05, 4.69) is 10.4 Å². The van der Waals surface area contributed by atoms with Crippen LogP contribution in [-0.2, 0) is 6.54 Å². The molecule has 0 atom stereocenters. The largest absolute Gasteiger partial charge is 0.472 e. The van der Waals surface area contributed by atoms with Crippen molar-refractivity contribution in [1.82, 2.24) is 5.43 Å². The van der Waals surface area contributed by atoms with Gasteiger partial charge >= 0.3 is 0 Å². The molecule has 0 amide bonds. The first-order valence-electron chi connectivity index (χ1n) is 3.10. The van der Waals surface area contributed by atoms with Gasteiger partial charge in [-0.05, 0) is 6.07 Å². The minimum Gasteiger partial charge on any atom is -0.472 e. The number of hydrogen-bond acceptors (Lipinski definition) is 3. The van der Waals surface area contributed by atoms with Crippen LogP contribution in [0.1, 0.15) is 5.56 Å². The van der Waals surface area contributed by atoms with Gasteiger partial charge in [0.2, 0.25) is 5.96 Å². The fraction of sp³-hybridized carbons (Fsp3) is 0.167. The fourth-order valence-corrected chi connectivity index (χ4v) is 0.605. The smallest absolute Gasteiger partial charge is 0.203 e. The first kappa shape index (κ1) is 7.62. The lowest BCUT2D eigenvalue weighted by Gasteiger charge is -1.95. The van der Waals surface area contributed by atoms with Gasteiger partial charge in [-0.25, -0.2) is 10.8 Å². The van der Waals surface area contributed by atoms with Crippen LogP contribution in [0.3, 0.4) is 0 Å². The second-order valence-corrected chi connectivity index (χ2v) is 1.98. The maximum atomic E-state index is 5.27. The lowest BCUT2D eigenvalue weighted by Crippen LogP contribution is -2.37. The molecule has 5 N–H and O–H groups in total. The molecule has 0 fully saturated rings. The number of furan rings is 1. The molecule has 1 heterocycles. The van der Waals surface area contributed by atoms with Gasteiger partial charge in [0.1, 0.15) is 0 Å². The standard InChI is InChI=1S/C6H10N4O/c7-6(10-8)9-3-5-1-2-11-4-5/h1-2,4H,3,8H2,(H3,7,9,10). The summed E-state index contributed by atoms with van der Waals surface area (Å²) in [5.41, 5.74) is 8.46. The second-order valence-electron chi connectivity index (χ2n) is 1.98. The molecule has 5 nitrogen and oxygen atoms in total. The van der Waals surface area contributed by atoms with Gasteiger partial charge in [-0.1, -0.05) is 0 Å². The molecule has 0 saturated heterocycles. The van der Waals surface area contributed by atoms with Gasteiger partial charge in [0.25, 0.3) is 0 Å². The summed E-state index contributed by atoms with van der Waals surface area (Å²) in [6.07, 6.45) is 3.18. The molecular formula is C6H10N4O. The van der Waals surface area contributed by atoms with Crippen LogP contribution in [0.25, 0.3) is 0 Å². The molecule has 1 rings (SSSR count). The third kappa shape index (κ3) is 2.30. The number of nitrogens with zero attached hydrogens (tertiary/aromatic N) is 1. The van der Waals surface area contributed by atoms with Crippen molar-refractivity contribution in [2.24, 2.45) is 16.6 Å². The number of hydrazine groups is 1. The molecule has 1 aromatic heterocycles. The molecule has 0 aliphatic heterocycles. The highest BCUT2D eigenvalue weighted by Crippen LogP contribution is 2.00. The zero-order valence-corrected chi connectivity index (χ0v) is 5.95. The summed E-state index contributed by atoms with van der Waals surface area (Å²) < 4.78 is 4.82. The van der Waals surface area contributed by atoms with E-state index in [0.717, 1.165) is 5.56 Å². The molecule has 0 aliphatic carbocycles. The van der Waals surface area contributed by atoms with Crippen LogP contribution in [0.2, 0.25) is 0 Å². The predicted octanol–water partition coefficient (Wildman–Crippen LogP) is -0.442. The van der Waals surface area contributed by atoms with E-state index in [0.29, 0.717) is 6.54 Å². The monoisotopic (exact) mass is 154 g/mol. The highest BCUT2D eigenvalue weighted by molar-refractivity contribution is 5.77. The van der Waals surface area contributed by atoms with Crippen LogP contribution in [0.15, 0.2) is 28.0 Å². The van der Waals surface area contributed by atoms with Gasteiger partial charge in [-0.2, -0.15) is 0 Å². The average Bonchev–Trinajstić information content (AvgIpc) is 2.52. The molecule has 0 spiro atoms. The Morgan fingerprint density at radius 3 is 3.09 bits per heavy atom. The minimum atomic E-state index is 0.214. The van der Waals surface area contributed by atoms with Crippen LogP contribution < -0.4 is 17.0 Å². The van der Waals surface area contributed by atoms with Crippen LogP contribution in [0.4, 0.5) is 0 Å². The normalized spacial score (nSPS) is 11.5. The number of hydrogen-bond donors (Lipinski definition) is 3. The van der Waals surface area contributed by atoms with Crippen LogP contribution in [0, 0.1) is 0 Å². The van der Waals surface area contributed by atoms with Crippen LogP contribution in [-0.4, -0.2) is 5.96 Å². The summed E-state index contributed by atoms with van der Waals surface area (Å²) in [6, 6.07) is 1.81. The van der Waals surface area contributed by atoms with Crippen molar-refractivity contribution < 1.29 is 4.42 Å². The Kier molecular flexibility index (Phi) is 2.51. The lowest BCUT2D eigenvalue weighted by molar-refractivity contribution is 0.564. The molecule has 0 bridgehead atoms. The van der Waals surface area contributed by atoms with Crippen molar-refractivity contribution in [3.8, 4) is 0 Å². The number of rotatable bonds is 2. The predicted molar refractivity (Wildman–Crippen MR) is 41.4 cm³/mol. The minimum absolute atomic E-state index is 0.214.